The molecule has 2 nitrogen and oxygen atoms in total. The summed E-state index contributed by atoms with van der Waals surface area (Å²) in [7, 11) is 1.82. The van der Waals surface area contributed by atoms with Crippen LogP contribution in [0.3, 0.4) is 0 Å². The van der Waals surface area contributed by atoms with Gasteiger partial charge in [-0.25, -0.2) is 0 Å². The van der Waals surface area contributed by atoms with Crippen molar-refractivity contribution in [3.05, 3.63) is 0 Å². The molecule has 4 aliphatic rings. The fourth-order valence-corrected chi connectivity index (χ4v) is 5.29. The summed E-state index contributed by atoms with van der Waals surface area (Å²) in [6.45, 7) is 0.693. The molecule has 4 saturated carbocycles. The smallest absolute Gasteiger partial charge is 0.0698 e. The molecule has 0 aliphatic heterocycles. The first-order valence-electron chi connectivity index (χ1n) is 6.96. The average molecular weight is 223 g/mol. The van der Waals surface area contributed by atoms with E-state index in [1.165, 1.54) is 44.9 Å². The quantitative estimate of drug-likeness (QED) is 0.795. The maximum absolute atomic E-state index is 5.79. The first-order valence-corrected chi connectivity index (χ1v) is 6.96. The molecule has 0 amide bonds. The van der Waals surface area contributed by atoms with Crippen LogP contribution in [0.1, 0.15) is 44.9 Å². The summed E-state index contributed by atoms with van der Waals surface area (Å²) in [4.78, 5) is 0. The Kier molecular flexibility index (Phi) is 2.75. The predicted octanol–water partition coefficient (Wildman–Crippen LogP) is 2.57. The second-order valence-electron chi connectivity index (χ2n) is 6.72. The van der Waals surface area contributed by atoms with E-state index in [1.54, 1.807) is 0 Å². The zero-order valence-corrected chi connectivity index (χ0v) is 10.5. The van der Waals surface area contributed by atoms with E-state index in [9.17, 15) is 0 Å². The SMILES string of the molecule is COC(CN)CC12CC3CC(CC(C3)C1)C2. The van der Waals surface area contributed by atoms with Gasteiger partial charge in [0, 0.05) is 13.7 Å². The summed E-state index contributed by atoms with van der Waals surface area (Å²) in [6, 6.07) is 0. The van der Waals surface area contributed by atoms with Crippen LogP contribution in [-0.4, -0.2) is 19.8 Å². The second-order valence-corrected chi connectivity index (χ2v) is 6.72. The zero-order chi connectivity index (χ0) is 11.2. The molecular weight excluding hydrogens is 198 g/mol. The van der Waals surface area contributed by atoms with Crippen molar-refractivity contribution in [3.63, 3.8) is 0 Å². The topological polar surface area (TPSA) is 35.2 Å². The Hall–Kier alpha value is -0.0800. The third-order valence-corrected chi connectivity index (χ3v) is 5.42. The van der Waals surface area contributed by atoms with E-state index in [1.807, 2.05) is 7.11 Å². The predicted molar refractivity (Wildman–Crippen MR) is 65.1 cm³/mol. The Morgan fingerprint density at radius 3 is 2.00 bits per heavy atom. The Morgan fingerprint density at radius 2 is 1.62 bits per heavy atom. The average Bonchev–Trinajstić information content (AvgIpc) is 2.24. The Bertz CT molecular complexity index is 224. The molecule has 92 valence electrons. The van der Waals surface area contributed by atoms with Gasteiger partial charge in [0.1, 0.15) is 0 Å². The Labute approximate surface area is 98.9 Å². The van der Waals surface area contributed by atoms with Crippen molar-refractivity contribution >= 4 is 0 Å². The van der Waals surface area contributed by atoms with Gasteiger partial charge in [-0.1, -0.05) is 0 Å². The van der Waals surface area contributed by atoms with E-state index in [2.05, 4.69) is 0 Å². The van der Waals surface area contributed by atoms with Crippen LogP contribution in [0.15, 0.2) is 0 Å². The van der Waals surface area contributed by atoms with E-state index < -0.39 is 0 Å². The minimum Gasteiger partial charge on any atom is -0.380 e. The van der Waals surface area contributed by atoms with E-state index in [0.29, 0.717) is 18.1 Å². The number of nitrogens with two attached hydrogens (primary N) is 1. The molecule has 0 aromatic heterocycles. The molecule has 1 unspecified atom stereocenters. The van der Waals surface area contributed by atoms with Crippen molar-refractivity contribution in [2.75, 3.05) is 13.7 Å². The van der Waals surface area contributed by atoms with Gasteiger partial charge in [-0.15, -0.1) is 0 Å². The minimum absolute atomic E-state index is 0.302. The molecule has 4 aliphatic carbocycles. The molecule has 4 rings (SSSR count). The first kappa shape index (κ1) is 11.0. The van der Waals surface area contributed by atoms with Crippen LogP contribution in [-0.2, 0) is 4.74 Å². The summed E-state index contributed by atoms with van der Waals surface area (Å²) in [5.74, 6) is 3.13. The van der Waals surface area contributed by atoms with Gasteiger partial charge >= 0.3 is 0 Å². The highest BCUT2D eigenvalue weighted by Crippen LogP contribution is 2.61. The lowest BCUT2D eigenvalue weighted by molar-refractivity contribution is -0.0797. The van der Waals surface area contributed by atoms with Crippen molar-refractivity contribution in [2.45, 2.75) is 51.0 Å². The molecular formula is C14H25NO. The van der Waals surface area contributed by atoms with Gasteiger partial charge in [0.15, 0.2) is 0 Å². The van der Waals surface area contributed by atoms with Crippen LogP contribution in [0.4, 0.5) is 0 Å². The lowest BCUT2D eigenvalue weighted by Gasteiger charge is -2.57. The largest absolute Gasteiger partial charge is 0.380 e. The van der Waals surface area contributed by atoms with Crippen molar-refractivity contribution < 1.29 is 4.74 Å². The van der Waals surface area contributed by atoms with Crippen LogP contribution in [0.25, 0.3) is 0 Å². The number of ether oxygens (including phenoxy) is 1. The molecule has 1 atom stereocenters. The molecule has 16 heavy (non-hydrogen) atoms. The summed E-state index contributed by atoms with van der Waals surface area (Å²) in [5.41, 5.74) is 6.41. The van der Waals surface area contributed by atoms with Gasteiger partial charge in [-0.05, 0) is 68.1 Å². The van der Waals surface area contributed by atoms with E-state index in [4.69, 9.17) is 10.5 Å². The summed E-state index contributed by atoms with van der Waals surface area (Å²) in [5, 5.41) is 0. The molecule has 0 saturated heterocycles. The van der Waals surface area contributed by atoms with Crippen LogP contribution < -0.4 is 5.73 Å². The standard InChI is InChI=1S/C14H25NO/c1-16-13(9-15)8-14-5-10-2-11(6-14)4-12(3-10)7-14/h10-13H,2-9,15H2,1H3. The van der Waals surface area contributed by atoms with Gasteiger partial charge in [0.25, 0.3) is 0 Å². The molecule has 4 bridgehead atoms. The maximum Gasteiger partial charge on any atom is 0.0698 e. The molecule has 0 aromatic rings. The van der Waals surface area contributed by atoms with E-state index >= 15 is 0 Å². The van der Waals surface area contributed by atoms with Gasteiger partial charge in [-0.2, -0.15) is 0 Å². The minimum atomic E-state index is 0.302. The highest BCUT2D eigenvalue weighted by Gasteiger charge is 2.51. The van der Waals surface area contributed by atoms with Gasteiger partial charge < -0.3 is 10.5 Å². The highest BCUT2D eigenvalue weighted by molar-refractivity contribution is 5.02. The lowest BCUT2D eigenvalue weighted by atomic mass is 9.48. The van der Waals surface area contributed by atoms with Crippen LogP contribution in [0.5, 0.6) is 0 Å². The maximum atomic E-state index is 5.79. The zero-order valence-electron chi connectivity index (χ0n) is 10.5. The summed E-state index contributed by atoms with van der Waals surface area (Å²) < 4.78 is 5.51. The molecule has 0 heterocycles. The molecule has 0 spiro atoms. The molecule has 0 radical (unpaired) electrons. The van der Waals surface area contributed by atoms with Crippen molar-refractivity contribution in [3.8, 4) is 0 Å². The summed E-state index contributed by atoms with van der Waals surface area (Å²) in [6.07, 6.45) is 10.5. The molecule has 0 aromatic carbocycles. The highest BCUT2D eigenvalue weighted by atomic mass is 16.5. The van der Waals surface area contributed by atoms with Crippen molar-refractivity contribution in [2.24, 2.45) is 28.9 Å². The second kappa shape index (κ2) is 3.99. The van der Waals surface area contributed by atoms with E-state index in [-0.39, 0.29) is 0 Å². The number of hydrogen-bond acceptors (Lipinski definition) is 2. The van der Waals surface area contributed by atoms with Crippen molar-refractivity contribution in [1.29, 1.82) is 0 Å². The third-order valence-electron chi connectivity index (χ3n) is 5.42. The number of hydrogen-bond donors (Lipinski definition) is 1. The fourth-order valence-electron chi connectivity index (χ4n) is 5.29. The van der Waals surface area contributed by atoms with Crippen LogP contribution in [0.2, 0.25) is 0 Å². The van der Waals surface area contributed by atoms with Gasteiger partial charge in [-0.3, -0.25) is 0 Å². The fraction of sp³-hybridized carbons (Fsp3) is 1.00. The normalized spacial score (nSPS) is 47.2. The Balaban J connectivity index is 1.73. The lowest BCUT2D eigenvalue weighted by Crippen LogP contribution is -2.48. The third kappa shape index (κ3) is 1.80. The van der Waals surface area contributed by atoms with Crippen LogP contribution in [0, 0.1) is 23.2 Å². The van der Waals surface area contributed by atoms with Crippen LogP contribution >= 0.6 is 0 Å². The Morgan fingerprint density at radius 1 is 1.12 bits per heavy atom. The monoisotopic (exact) mass is 223 g/mol. The molecule has 4 fully saturated rings. The van der Waals surface area contributed by atoms with Gasteiger partial charge in [0.2, 0.25) is 0 Å². The van der Waals surface area contributed by atoms with Gasteiger partial charge in [0.05, 0.1) is 6.10 Å². The number of rotatable bonds is 4. The number of methoxy groups -OCH3 is 1. The summed E-state index contributed by atoms with van der Waals surface area (Å²) >= 11 is 0. The van der Waals surface area contributed by atoms with E-state index in [0.717, 1.165) is 17.8 Å². The first-order chi connectivity index (χ1) is 7.73. The molecule has 2 N–H and O–H groups in total. The molecule has 2 heteroatoms. The van der Waals surface area contributed by atoms with Crippen molar-refractivity contribution in [1.82, 2.24) is 0 Å².